The van der Waals surface area contributed by atoms with Gasteiger partial charge in [0, 0.05) is 13.0 Å². The summed E-state index contributed by atoms with van der Waals surface area (Å²) >= 11 is 0. The molecule has 1 saturated heterocycles. The molecular formula is C8H14FNO. The number of halogens is 1. The van der Waals surface area contributed by atoms with Crippen molar-refractivity contribution in [3.05, 3.63) is 12.7 Å². The van der Waals surface area contributed by atoms with E-state index in [4.69, 9.17) is 5.21 Å². The maximum Gasteiger partial charge on any atom is 0.188 e. The molecule has 0 aromatic heterocycles. The average Bonchev–Trinajstić information content (AvgIpc) is 1.96. The molecule has 0 aromatic carbocycles. The van der Waals surface area contributed by atoms with Crippen molar-refractivity contribution in [2.45, 2.75) is 31.5 Å². The molecule has 1 atom stereocenters. The zero-order valence-corrected chi connectivity index (χ0v) is 6.59. The molecule has 2 nitrogen and oxygen atoms in total. The summed E-state index contributed by atoms with van der Waals surface area (Å²) in [7, 11) is 0. The van der Waals surface area contributed by atoms with E-state index in [1.807, 2.05) is 0 Å². The zero-order chi connectivity index (χ0) is 8.32. The van der Waals surface area contributed by atoms with Gasteiger partial charge in [0.25, 0.3) is 0 Å². The second-order valence-corrected chi connectivity index (χ2v) is 2.99. The molecule has 0 spiro atoms. The van der Waals surface area contributed by atoms with Crippen LogP contribution in [0.25, 0.3) is 0 Å². The van der Waals surface area contributed by atoms with Gasteiger partial charge in [-0.05, 0) is 19.3 Å². The molecule has 1 heterocycles. The van der Waals surface area contributed by atoms with Crippen LogP contribution in [0, 0.1) is 0 Å². The number of hydrogen-bond acceptors (Lipinski definition) is 2. The normalized spacial score (nSPS) is 33.6. The largest absolute Gasteiger partial charge is 0.311 e. The van der Waals surface area contributed by atoms with E-state index in [0.717, 1.165) is 17.9 Å². The van der Waals surface area contributed by atoms with E-state index < -0.39 is 5.79 Å². The van der Waals surface area contributed by atoms with Crippen molar-refractivity contribution in [3.8, 4) is 0 Å². The van der Waals surface area contributed by atoms with E-state index in [2.05, 4.69) is 6.58 Å². The minimum Gasteiger partial charge on any atom is -0.311 e. The second-order valence-electron chi connectivity index (χ2n) is 2.99. The number of nitrogens with zero attached hydrogens (tertiary/aromatic N) is 1. The molecule has 0 bridgehead atoms. The summed E-state index contributed by atoms with van der Waals surface area (Å²) < 4.78 is 13.6. The lowest BCUT2D eigenvalue weighted by Gasteiger charge is -2.35. The Morgan fingerprint density at radius 2 is 2.36 bits per heavy atom. The van der Waals surface area contributed by atoms with Crippen LogP contribution in [0.15, 0.2) is 12.7 Å². The van der Waals surface area contributed by atoms with Crippen molar-refractivity contribution >= 4 is 0 Å². The van der Waals surface area contributed by atoms with Crippen LogP contribution in [-0.4, -0.2) is 22.6 Å². The molecule has 0 aromatic rings. The van der Waals surface area contributed by atoms with Crippen LogP contribution in [0.1, 0.15) is 25.7 Å². The minimum atomic E-state index is -1.54. The topological polar surface area (TPSA) is 23.5 Å². The first-order valence-electron chi connectivity index (χ1n) is 3.95. The molecule has 1 fully saturated rings. The lowest BCUT2D eigenvalue weighted by molar-refractivity contribution is -0.241. The third-order valence-electron chi connectivity index (χ3n) is 2.10. The fraction of sp³-hybridized carbons (Fsp3) is 0.750. The fourth-order valence-electron chi connectivity index (χ4n) is 1.42. The third-order valence-corrected chi connectivity index (χ3v) is 2.10. The van der Waals surface area contributed by atoms with E-state index in [1.165, 1.54) is 6.08 Å². The van der Waals surface area contributed by atoms with Gasteiger partial charge in [0.15, 0.2) is 5.79 Å². The molecule has 1 rings (SSSR count). The van der Waals surface area contributed by atoms with Gasteiger partial charge >= 0.3 is 0 Å². The van der Waals surface area contributed by atoms with E-state index in [-0.39, 0.29) is 6.42 Å². The second kappa shape index (κ2) is 3.32. The van der Waals surface area contributed by atoms with Gasteiger partial charge in [-0.1, -0.05) is 6.08 Å². The van der Waals surface area contributed by atoms with Crippen LogP contribution in [0.5, 0.6) is 0 Å². The SMILES string of the molecule is C=CCC1(F)CCCCN1O. The average molecular weight is 159 g/mol. The van der Waals surface area contributed by atoms with Gasteiger partial charge in [-0.2, -0.15) is 5.06 Å². The van der Waals surface area contributed by atoms with E-state index in [1.54, 1.807) is 0 Å². The fourth-order valence-corrected chi connectivity index (χ4v) is 1.42. The predicted molar refractivity (Wildman–Crippen MR) is 41.0 cm³/mol. The number of hydroxylamine groups is 2. The monoisotopic (exact) mass is 159 g/mol. The number of alkyl halides is 1. The van der Waals surface area contributed by atoms with Gasteiger partial charge in [-0.15, -0.1) is 6.58 Å². The smallest absolute Gasteiger partial charge is 0.188 e. The van der Waals surface area contributed by atoms with Crippen molar-refractivity contribution in [2.24, 2.45) is 0 Å². The summed E-state index contributed by atoms with van der Waals surface area (Å²) in [4.78, 5) is 0. The third kappa shape index (κ3) is 1.79. The first-order chi connectivity index (χ1) is 5.19. The molecule has 64 valence electrons. The minimum absolute atomic E-state index is 0.212. The molecule has 1 aliphatic heterocycles. The maximum absolute atomic E-state index is 13.6. The number of piperidine rings is 1. The highest BCUT2D eigenvalue weighted by molar-refractivity contribution is 4.86. The highest BCUT2D eigenvalue weighted by atomic mass is 19.1. The summed E-state index contributed by atoms with van der Waals surface area (Å²) in [6.45, 7) is 3.89. The zero-order valence-electron chi connectivity index (χ0n) is 6.59. The Kier molecular flexibility index (Phi) is 2.62. The number of hydrogen-bond donors (Lipinski definition) is 1. The summed E-state index contributed by atoms with van der Waals surface area (Å²) in [5, 5.41) is 9.97. The Labute approximate surface area is 66.3 Å². The van der Waals surface area contributed by atoms with Gasteiger partial charge in [-0.3, -0.25) is 0 Å². The number of rotatable bonds is 2. The Morgan fingerprint density at radius 3 is 2.91 bits per heavy atom. The Balaban J connectivity index is 2.56. The van der Waals surface area contributed by atoms with Crippen LogP contribution in [-0.2, 0) is 0 Å². The van der Waals surface area contributed by atoms with Crippen molar-refractivity contribution in [1.29, 1.82) is 0 Å². The highest BCUT2D eigenvalue weighted by Crippen LogP contribution is 2.31. The van der Waals surface area contributed by atoms with E-state index in [9.17, 15) is 4.39 Å². The molecule has 1 N–H and O–H groups in total. The van der Waals surface area contributed by atoms with E-state index in [0.29, 0.717) is 13.0 Å². The van der Waals surface area contributed by atoms with Gasteiger partial charge < -0.3 is 5.21 Å². The quantitative estimate of drug-likeness (QED) is 0.492. The van der Waals surface area contributed by atoms with E-state index >= 15 is 0 Å². The first-order valence-corrected chi connectivity index (χ1v) is 3.95. The summed E-state index contributed by atoms with van der Waals surface area (Å²) in [6, 6.07) is 0. The van der Waals surface area contributed by atoms with Crippen molar-refractivity contribution in [1.82, 2.24) is 5.06 Å². The molecule has 0 aliphatic carbocycles. The molecule has 11 heavy (non-hydrogen) atoms. The lowest BCUT2D eigenvalue weighted by Crippen LogP contribution is -2.46. The van der Waals surface area contributed by atoms with Gasteiger partial charge in [0.05, 0.1) is 0 Å². The van der Waals surface area contributed by atoms with Gasteiger partial charge in [0.1, 0.15) is 0 Å². The van der Waals surface area contributed by atoms with Crippen LogP contribution in [0.2, 0.25) is 0 Å². The molecule has 1 aliphatic rings. The van der Waals surface area contributed by atoms with Crippen molar-refractivity contribution < 1.29 is 9.60 Å². The van der Waals surface area contributed by atoms with Crippen LogP contribution < -0.4 is 0 Å². The Bertz CT molecular complexity index is 151. The molecular weight excluding hydrogens is 145 g/mol. The lowest BCUT2D eigenvalue weighted by atomic mass is 9.99. The summed E-state index contributed by atoms with van der Waals surface area (Å²) in [5.41, 5.74) is 0. The molecule has 3 heteroatoms. The maximum atomic E-state index is 13.6. The molecule has 0 amide bonds. The van der Waals surface area contributed by atoms with Gasteiger partial charge in [0.2, 0.25) is 0 Å². The van der Waals surface area contributed by atoms with Crippen LogP contribution >= 0.6 is 0 Å². The van der Waals surface area contributed by atoms with Crippen LogP contribution in [0.3, 0.4) is 0 Å². The van der Waals surface area contributed by atoms with Crippen molar-refractivity contribution in [3.63, 3.8) is 0 Å². The standard InChI is InChI=1S/C8H14FNO/c1-2-5-8(9)6-3-4-7-10(8)11/h2,11H,1,3-7H2. The highest BCUT2D eigenvalue weighted by Gasteiger charge is 2.36. The summed E-state index contributed by atoms with van der Waals surface area (Å²) in [6.07, 6.45) is 3.86. The first kappa shape index (κ1) is 8.68. The Hall–Kier alpha value is -0.410. The molecule has 0 saturated carbocycles. The predicted octanol–water partition coefficient (Wildman–Crippen LogP) is 2.10. The molecule has 0 radical (unpaired) electrons. The van der Waals surface area contributed by atoms with Crippen molar-refractivity contribution in [2.75, 3.05) is 6.54 Å². The summed E-state index contributed by atoms with van der Waals surface area (Å²) in [5.74, 6) is -1.54. The van der Waals surface area contributed by atoms with Gasteiger partial charge in [-0.25, -0.2) is 4.39 Å². The molecule has 1 unspecified atom stereocenters. The Morgan fingerprint density at radius 1 is 1.64 bits per heavy atom. The van der Waals surface area contributed by atoms with Crippen LogP contribution in [0.4, 0.5) is 4.39 Å².